The molecule has 0 aromatic heterocycles. The second-order valence-electron chi connectivity index (χ2n) is 17.7. The molecule has 2 heterocycles. The van der Waals surface area contributed by atoms with Crippen molar-refractivity contribution in [2.45, 2.75) is 252 Å². The summed E-state index contributed by atoms with van der Waals surface area (Å²) >= 11 is 0. The lowest BCUT2D eigenvalue weighted by Gasteiger charge is -2.31. The molecule has 0 aromatic rings. The Labute approximate surface area is 391 Å². The Kier molecular flexibility index (Phi) is 27.4. The van der Waals surface area contributed by atoms with E-state index in [2.05, 4.69) is 6.92 Å². The van der Waals surface area contributed by atoms with Crippen LogP contribution in [0.1, 0.15) is 191 Å². The molecule has 0 bridgehead atoms. The quantitative estimate of drug-likeness (QED) is 0.0346. The standard InChI is InChI=1S/C49H78O17/c1-10-11-12-13-14-15-16-17-18-19-20-43(62-35(6)53)44(63-36(7)54)24-22-41(60-33(4)51)29-42(61-34(5)52)30-48(65-38(9)56)47-26-25-46(66-47)45(64-37(8)55)23-21-40(59-32(3)50)28-39-27-31(2)58-49(39)57/h27,31,40-48H,10-26,28-30H2,1-9H3/t31?,40?,41-,42+,43+,44+,45+,46+,47+,48+/m1/s1. The molecule has 0 amide bonds. The maximum absolute atomic E-state index is 12.5. The van der Waals surface area contributed by atoms with Gasteiger partial charge in [0.05, 0.1) is 12.2 Å². The van der Waals surface area contributed by atoms with Gasteiger partial charge < -0.3 is 42.6 Å². The van der Waals surface area contributed by atoms with Crippen molar-refractivity contribution in [1.29, 1.82) is 0 Å². The highest BCUT2D eigenvalue weighted by molar-refractivity contribution is 5.91. The van der Waals surface area contributed by atoms with Crippen molar-refractivity contribution in [3.8, 4) is 0 Å². The first-order chi connectivity index (χ1) is 31.3. The van der Waals surface area contributed by atoms with Gasteiger partial charge in [-0.2, -0.15) is 0 Å². The number of hydrogen-bond donors (Lipinski definition) is 0. The van der Waals surface area contributed by atoms with Gasteiger partial charge in [-0.3, -0.25) is 33.6 Å². The largest absolute Gasteiger partial charge is 0.462 e. The summed E-state index contributed by atoms with van der Waals surface area (Å²) in [5.74, 6) is -4.54. The first-order valence-corrected chi connectivity index (χ1v) is 24.0. The van der Waals surface area contributed by atoms with Crippen LogP contribution in [0.15, 0.2) is 11.6 Å². The van der Waals surface area contributed by atoms with Gasteiger partial charge in [0.2, 0.25) is 0 Å². The van der Waals surface area contributed by atoms with Crippen LogP contribution in [0, 0.1) is 0 Å². The Morgan fingerprint density at radius 2 is 0.955 bits per heavy atom. The number of ether oxygens (including phenoxy) is 9. The van der Waals surface area contributed by atoms with Crippen LogP contribution in [0.4, 0.5) is 0 Å². The molecule has 2 unspecified atom stereocenters. The molecule has 2 aliphatic heterocycles. The van der Waals surface area contributed by atoms with E-state index in [0.29, 0.717) is 24.8 Å². The minimum Gasteiger partial charge on any atom is -0.462 e. The number of unbranched alkanes of at least 4 members (excludes halogenated alkanes) is 9. The van der Waals surface area contributed by atoms with Crippen molar-refractivity contribution in [3.63, 3.8) is 0 Å². The molecule has 1 fully saturated rings. The average Bonchev–Trinajstić information content (AvgIpc) is 3.82. The molecule has 66 heavy (non-hydrogen) atoms. The van der Waals surface area contributed by atoms with Crippen LogP contribution < -0.4 is 0 Å². The zero-order valence-corrected chi connectivity index (χ0v) is 40.9. The smallest absolute Gasteiger partial charge is 0.334 e. The first kappa shape index (κ1) is 57.6. The maximum atomic E-state index is 12.5. The van der Waals surface area contributed by atoms with Gasteiger partial charge in [-0.1, -0.05) is 64.7 Å². The molecule has 0 saturated carbocycles. The summed E-state index contributed by atoms with van der Waals surface area (Å²) in [6, 6.07) is 0. The molecule has 0 spiro atoms. The molecule has 0 aromatic carbocycles. The number of cyclic esters (lactones) is 1. The fraction of sp³-hybridized carbons (Fsp3) is 0.796. The van der Waals surface area contributed by atoms with E-state index < -0.39 is 109 Å². The highest BCUT2D eigenvalue weighted by atomic mass is 16.6. The van der Waals surface area contributed by atoms with Crippen molar-refractivity contribution in [2.75, 3.05) is 0 Å². The molecule has 17 nitrogen and oxygen atoms in total. The van der Waals surface area contributed by atoms with Gasteiger partial charge in [0, 0.05) is 73.3 Å². The van der Waals surface area contributed by atoms with E-state index in [9.17, 15) is 38.4 Å². The van der Waals surface area contributed by atoms with Gasteiger partial charge in [0.1, 0.15) is 48.8 Å². The van der Waals surface area contributed by atoms with Crippen molar-refractivity contribution in [2.24, 2.45) is 0 Å². The molecule has 376 valence electrons. The van der Waals surface area contributed by atoms with Gasteiger partial charge in [0.15, 0.2) is 0 Å². The summed E-state index contributed by atoms with van der Waals surface area (Å²) in [5.41, 5.74) is 0.382. The fourth-order valence-corrected chi connectivity index (χ4v) is 8.76. The van der Waals surface area contributed by atoms with Gasteiger partial charge in [-0.05, 0) is 64.4 Å². The normalized spacial score (nSPS) is 20.0. The van der Waals surface area contributed by atoms with Crippen LogP contribution in [0.2, 0.25) is 0 Å². The van der Waals surface area contributed by atoms with Crippen molar-refractivity contribution in [1.82, 2.24) is 0 Å². The predicted molar refractivity (Wildman–Crippen MR) is 239 cm³/mol. The summed E-state index contributed by atoms with van der Waals surface area (Å²) in [7, 11) is 0. The van der Waals surface area contributed by atoms with E-state index in [1.807, 2.05) is 0 Å². The molecule has 0 radical (unpaired) electrons. The molecule has 17 heteroatoms. The lowest BCUT2D eigenvalue weighted by molar-refractivity contribution is -0.170. The Morgan fingerprint density at radius 3 is 1.45 bits per heavy atom. The van der Waals surface area contributed by atoms with Crippen LogP contribution in [0.25, 0.3) is 0 Å². The van der Waals surface area contributed by atoms with E-state index >= 15 is 0 Å². The Morgan fingerprint density at radius 1 is 0.515 bits per heavy atom. The maximum Gasteiger partial charge on any atom is 0.334 e. The van der Waals surface area contributed by atoms with Gasteiger partial charge in [0.25, 0.3) is 0 Å². The molecule has 10 atom stereocenters. The lowest BCUT2D eigenvalue weighted by atomic mass is 9.95. The fourth-order valence-electron chi connectivity index (χ4n) is 8.76. The summed E-state index contributed by atoms with van der Waals surface area (Å²) in [6.45, 7) is 12.7. The van der Waals surface area contributed by atoms with E-state index in [0.717, 1.165) is 25.7 Å². The summed E-state index contributed by atoms with van der Waals surface area (Å²) in [4.78, 5) is 98.6. The van der Waals surface area contributed by atoms with Crippen molar-refractivity contribution >= 4 is 47.8 Å². The van der Waals surface area contributed by atoms with Gasteiger partial charge in [-0.25, -0.2) is 4.79 Å². The van der Waals surface area contributed by atoms with Crippen molar-refractivity contribution in [3.05, 3.63) is 11.6 Å². The van der Waals surface area contributed by atoms with Crippen molar-refractivity contribution < 1.29 is 81.0 Å². The van der Waals surface area contributed by atoms with Crippen LogP contribution in [-0.4, -0.2) is 109 Å². The number of carbonyl (C=O) groups excluding carboxylic acids is 8. The highest BCUT2D eigenvalue weighted by Crippen LogP contribution is 2.33. The van der Waals surface area contributed by atoms with Crippen LogP contribution in [0.3, 0.4) is 0 Å². The molecule has 0 N–H and O–H groups in total. The Bertz CT molecular complexity index is 1590. The second kappa shape index (κ2) is 31.4. The third-order valence-corrected chi connectivity index (χ3v) is 11.4. The minimum absolute atomic E-state index is 0.0209. The lowest BCUT2D eigenvalue weighted by Crippen LogP contribution is -2.39. The number of hydrogen-bond acceptors (Lipinski definition) is 17. The Balaban J connectivity index is 2.21. The molecule has 1 saturated heterocycles. The third-order valence-electron chi connectivity index (χ3n) is 11.4. The molecule has 2 aliphatic rings. The topological polar surface area (TPSA) is 220 Å². The molecular weight excluding hydrogens is 861 g/mol. The van der Waals surface area contributed by atoms with Crippen LogP contribution in [-0.2, 0) is 81.0 Å². The number of esters is 8. The van der Waals surface area contributed by atoms with Gasteiger partial charge >= 0.3 is 47.8 Å². The van der Waals surface area contributed by atoms with E-state index in [1.165, 1.54) is 87.0 Å². The van der Waals surface area contributed by atoms with Gasteiger partial charge in [-0.15, -0.1) is 0 Å². The minimum atomic E-state index is -0.952. The molecule has 2 rings (SSSR count). The average molecular weight is 939 g/mol. The summed E-state index contributed by atoms with van der Waals surface area (Å²) in [6.07, 6.45) is 7.20. The summed E-state index contributed by atoms with van der Waals surface area (Å²) < 4.78 is 51.5. The predicted octanol–water partition coefficient (Wildman–Crippen LogP) is 7.97. The Hall–Kier alpha value is -4.54. The zero-order chi connectivity index (χ0) is 49.2. The van der Waals surface area contributed by atoms with Crippen LogP contribution in [0.5, 0.6) is 0 Å². The highest BCUT2D eigenvalue weighted by Gasteiger charge is 2.41. The monoisotopic (exact) mass is 939 g/mol. The molecular formula is C49H78O17. The van der Waals surface area contributed by atoms with E-state index in [-0.39, 0.29) is 44.9 Å². The van der Waals surface area contributed by atoms with E-state index in [1.54, 1.807) is 13.0 Å². The number of carbonyl (C=O) groups is 8. The third kappa shape index (κ3) is 24.8. The van der Waals surface area contributed by atoms with E-state index in [4.69, 9.17) is 42.6 Å². The summed E-state index contributed by atoms with van der Waals surface area (Å²) in [5, 5.41) is 0. The SMILES string of the molecule is CCCCCCCCCCCC[C@H](OC(C)=O)[C@H](CC[C@H](C[C@@H](C[C@H](OC(C)=O)[C@@H]1CC[C@@H]([C@H](CCC(CC2=CC(C)OC2=O)OC(C)=O)OC(C)=O)O1)OC(C)=O)OC(C)=O)OC(C)=O. The second-order valence-corrected chi connectivity index (χ2v) is 17.7. The zero-order valence-electron chi connectivity index (χ0n) is 40.9. The first-order valence-electron chi connectivity index (χ1n) is 24.0. The molecule has 0 aliphatic carbocycles. The number of rotatable bonds is 33. The van der Waals surface area contributed by atoms with Crippen LogP contribution >= 0.6 is 0 Å².